The molecule has 1 unspecified atom stereocenters. The molecule has 5 nitrogen and oxygen atoms in total. The summed E-state index contributed by atoms with van der Waals surface area (Å²) in [6, 6.07) is 5.78. The zero-order chi connectivity index (χ0) is 12.8. The summed E-state index contributed by atoms with van der Waals surface area (Å²) in [6.07, 6.45) is 0.421. The average molecular weight is 235 g/mol. The summed E-state index contributed by atoms with van der Waals surface area (Å²) < 4.78 is 0. The molecule has 0 fully saturated rings. The Kier molecular flexibility index (Phi) is 4.51. The Morgan fingerprint density at radius 1 is 1.29 bits per heavy atom. The van der Waals surface area contributed by atoms with Gasteiger partial charge in [-0.2, -0.15) is 0 Å². The van der Waals surface area contributed by atoms with Gasteiger partial charge >= 0.3 is 5.97 Å². The highest BCUT2D eigenvalue weighted by atomic mass is 16.4. The van der Waals surface area contributed by atoms with Crippen LogP contribution in [0.5, 0.6) is 0 Å². The molecule has 1 aromatic rings. The van der Waals surface area contributed by atoms with Gasteiger partial charge in [0.25, 0.3) is 0 Å². The number of carbonyl (C=O) groups is 2. The van der Waals surface area contributed by atoms with Crippen molar-refractivity contribution in [3.63, 3.8) is 0 Å². The monoisotopic (exact) mass is 235 g/mol. The molecule has 0 heterocycles. The number of nitroso groups, excluding NO2 is 1. The first-order valence-electron chi connectivity index (χ1n) is 5.18. The molecule has 0 aliphatic carbocycles. The number of carbonyl (C=O) groups excluding carboxylic acids is 1. The number of hydrogen-bond acceptors (Lipinski definition) is 4. The van der Waals surface area contributed by atoms with Gasteiger partial charge in [0.1, 0.15) is 0 Å². The summed E-state index contributed by atoms with van der Waals surface area (Å²) in [5.74, 6) is -2.15. The number of hydrogen-bond donors (Lipinski definition) is 1. The van der Waals surface area contributed by atoms with Gasteiger partial charge in [-0.3, -0.25) is 4.79 Å². The number of rotatable bonds is 6. The standard InChI is InChI=1S/C12H13NO4/c1-8-2-4-9(5-3-8)6-7-10(14)11(13-17)12(15)16/h2-5,11H,6-7H2,1H3,(H,15,16). The Morgan fingerprint density at radius 2 is 1.88 bits per heavy atom. The Hall–Kier alpha value is -2.04. The van der Waals surface area contributed by atoms with Gasteiger partial charge in [0.05, 0.1) is 0 Å². The highest BCUT2D eigenvalue weighted by Gasteiger charge is 2.26. The molecule has 1 aromatic carbocycles. The van der Waals surface area contributed by atoms with Gasteiger partial charge in [0, 0.05) is 6.42 Å². The summed E-state index contributed by atoms with van der Waals surface area (Å²) >= 11 is 0. The first-order valence-corrected chi connectivity index (χ1v) is 5.18. The Morgan fingerprint density at radius 3 is 2.35 bits per heavy atom. The van der Waals surface area contributed by atoms with Crippen molar-refractivity contribution in [1.82, 2.24) is 0 Å². The van der Waals surface area contributed by atoms with E-state index >= 15 is 0 Å². The van der Waals surface area contributed by atoms with Crippen molar-refractivity contribution in [2.45, 2.75) is 25.8 Å². The van der Waals surface area contributed by atoms with Crippen LogP contribution in [0.1, 0.15) is 17.5 Å². The number of ketones is 1. The minimum Gasteiger partial charge on any atom is -0.479 e. The number of benzene rings is 1. The number of carboxylic acid groups (broad SMARTS) is 1. The molecule has 17 heavy (non-hydrogen) atoms. The third-order valence-corrected chi connectivity index (χ3v) is 2.42. The van der Waals surface area contributed by atoms with E-state index in [0.29, 0.717) is 6.42 Å². The van der Waals surface area contributed by atoms with Gasteiger partial charge in [-0.1, -0.05) is 29.8 Å². The molecular formula is C12H13NO4. The maximum atomic E-state index is 11.4. The molecule has 0 amide bonds. The summed E-state index contributed by atoms with van der Waals surface area (Å²) in [7, 11) is 0. The predicted molar refractivity (Wildman–Crippen MR) is 61.7 cm³/mol. The van der Waals surface area contributed by atoms with Crippen molar-refractivity contribution in [2.75, 3.05) is 0 Å². The minimum atomic E-state index is -1.78. The fourth-order valence-corrected chi connectivity index (χ4v) is 1.40. The summed E-state index contributed by atoms with van der Waals surface area (Å²) in [4.78, 5) is 32.1. The third kappa shape index (κ3) is 3.79. The zero-order valence-electron chi connectivity index (χ0n) is 9.42. The van der Waals surface area contributed by atoms with Crippen molar-refractivity contribution >= 4 is 11.8 Å². The van der Waals surface area contributed by atoms with Crippen molar-refractivity contribution in [2.24, 2.45) is 5.18 Å². The topological polar surface area (TPSA) is 83.8 Å². The molecule has 1 N–H and O–H groups in total. The third-order valence-electron chi connectivity index (χ3n) is 2.42. The SMILES string of the molecule is Cc1ccc(CCC(=O)C(N=O)C(=O)O)cc1. The lowest BCUT2D eigenvalue weighted by Gasteiger charge is -2.03. The molecule has 0 spiro atoms. The molecule has 0 aliphatic heterocycles. The van der Waals surface area contributed by atoms with Crippen LogP contribution in [0.15, 0.2) is 29.4 Å². The Labute approximate surface area is 98.4 Å². The second-order valence-corrected chi connectivity index (χ2v) is 3.80. The van der Waals surface area contributed by atoms with Crippen LogP contribution in [-0.2, 0) is 16.0 Å². The van der Waals surface area contributed by atoms with Crippen LogP contribution in [0.3, 0.4) is 0 Å². The van der Waals surface area contributed by atoms with E-state index in [2.05, 4.69) is 5.18 Å². The Balaban J connectivity index is 2.56. The van der Waals surface area contributed by atoms with Crippen molar-refractivity contribution in [3.8, 4) is 0 Å². The predicted octanol–water partition coefficient (Wildman–Crippen LogP) is 1.72. The van der Waals surface area contributed by atoms with Gasteiger partial charge < -0.3 is 5.11 Å². The summed E-state index contributed by atoms with van der Waals surface area (Å²) in [5.41, 5.74) is 2.04. The largest absolute Gasteiger partial charge is 0.479 e. The number of carboxylic acids is 1. The van der Waals surface area contributed by atoms with Gasteiger partial charge in [0.2, 0.25) is 6.04 Å². The lowest BCUT2D eigenvalue weighted by Crippen LogP contribution is -2.27. The van der Waals surface area contributed by atoms with E-state index in [9.17, 15) is 14.5 Å². The molecule has 1 rings (SSSR count). The van der Waals surface area contributed by atoms with E-state index in [1.165, 1.54) is 0 Å². The molecular weight excluding hydrogens is 222 g/mol. The second-order valence-electron chi connectivity index (χ2n) is 3.80. The fraction of sp³-hybridized carbons (Fsp3) is 0.333. The van der Waals surface area contributed by atoms with Crippen LogP contribution in [0.25, 0.3) is 0 Å². The maximum Gasteiger partial charge on any atom is 0.339 e. The van der Waals surface area contributed by atoms with E-state index < -0.39 is 17.8 Å². The minimum absolute atomic E-state index is 0.00572. The molecule has 0 aromatic heterocycles. The highest BCUT2D eigenvalue weighted by molar-refractivity contribution is 6.02. The summed E-state index contributed by atoms with van der Waals surface area (Å²) in [5, 5.41) is 10.9. The first kappa shape index (κ1) is 13.0. The lowest BCUT2D eigenvalue weighted by atomic mass is 10.0. The highest BCUT2D eigenvalue weighted by Crippen LogP contribution is 2.08. The van der Waals surface area contributed by atoms with Crippen molar-refractivity contribution < 1.29 is 14.7 Å². The van der Waals surface area contributed by atoms with Crippen LogP contribution >= 0.6 is 0 Å². The Bertz CT molecular complexity index is 425. The molecule has 0 saturated carbocycles. The molecule has 1 atom stereocenters. The normalized spacial score (nSPS) is 11.8. The average Bonchev–Trinajstić information content (AvgIpc) is 2.28. The van der Waals surface area contributed by atoms with Crippen LogP contribution in [0.4, 0.5) is 0 Å². The van der Waals surface area contributed by atoms with E-state index in [0.717, 1.165) is 11.1 Å². The number of nitrogens with zero attached hydrogens (tertiary/aromatic N) is 1. The van der Waals surface area contributed by atoms with E-state index in [4.69, 9.17) is 5.11 Å². The fourth-order valence-electron chi connectivity index (χ4n) is 1.40. The molecule has 90 valence electrons. The molecule has 0 saturated heterocycles. The summed E-state index contributed by atoms with van der Waals surface area (Å²) in [6.45, 7) is 1.95. The van der Waals surface area contributed by atoms with Crippen LogP contribution < -0.4 is 0 Å². The smallest absolute Gasteiger partial charge is 0.339 e. The van der Waals surface area contributed by atoms with Crippen LogP contribution in [-0.4, -0.2) is 22.9 Å². The maximum absolute atomic E-state index is 11.4. The zero-order valence-corrected chi connectivity index (χ0v) is 9.42. The van der Waals surface area contributed by atoms with Gasteiger partial charge in [-0.15, -0.1) is 4.91 Å². The first-order chi connectivity index (χ1) is 8.04. The lowest BCUT2D eigenvalue weighted by molar-refractivity contribution is -0.142. The van der Waals surface area contributed by atoms with Gasteiger partial charge in [-0.25, -0.2) is 4.79 Å². The number of Topliss-reactive ketones (excluding diaryl/α,β-unsaturated/α-hetero) is 1. The number of aryl methyl sites for hydroxylation is 2. The van der Waals surface area contributed by atoms with E-state index in [1.54, 1.807) is 0 Å². The van der Waals surface area contributed by atoms with Crippen molar-refractivity contribution in [3.05, 3.63) is 40.3 Å². The van der Waals surface area contributed by atoms with Gasteiger partial charge in [-0.05, 0) is 24.1 Å². The molecule has 0 aliphatic rings. The number of aliphatic carboxylic acids is 1. The molecule has 5 heteroatoms. The van der Waals surface area contributed by atoms with Crippen LogP contribution in [0, 0.1) is 11.8 Å². The second kappa shape index (κ2) is 5.89. The quantitative estimate of drug-likeness (QED) is 0.601. The van der Waals surface area contributed by atoms with Crippen molar-refractivity contribution in [1.29, 1.82) is 0 Å². The van der Waals surface area contributed by atoms with Gasteiger partial charge in [0.15, 0.2) is 5.78 Å². The van der Waals surface area contributed by atoms with E-state index in [-0.39, 0.29) is 6.42 Å². The molecule has 0 radical (unpaired) electrons. The molecule has 0 bridgehead atoms. The van der Waals surface area contributed by atoms with Crippen LogP contribution in [0.2, 0.25) is 0 Å². The van der Waals surface area contributed by atoms with E-state index in [1.807, 2.05) is 31.2 Å².